The minimum atomic E-state index is -0.579. The lowest BCUT2D eigenvalue weighted by Gasteiger charge is -2.38. The van der Waals surface area contributed by atoms with Crippen molar-refractivity contribution in [2.45, 2.75) is 32.9 Å². The van der Waals surface area contributed by atoms with Crippen molar-refractivity contribution in [1.82, 2.24) is 20.1 Å². The molecular formula is C18H32Cl3N5O2. The highest BCUT2D eigenvalue weighted by molar-refractivity contribution is 5.87. The number of halogens is 3. The van der Waals surface area contributed by atoms with Crippen LogP contribution in [-0.2, 0) is 9.59 Å². The Morgan fingerprint density at radius 1 is 1.14 bits per heavy atom. The van der Waals surface area contributed by atoms with Gasteiger partial charge in [0.1, 0.15) is 0 Å². The number of pyridine rings is 1. The van der Waals surface area contributed by atoms with Gasteiger partial charge in [-0.25, -0.2) is 0 Å². The molecule has 2 heterocycles. The van der Waals surface area contributed by atoms with E-state index < -0.39 is 6.04 Å². The minimum absolute atomic E-state index is 0. The summed E-state index contributed by atoms with van der Waals surface area (Å²) in [6, 6.07) is 3.71. The lowest BCUT2D eigenvalue weighted by molar-refractivity contribution is -0.135. The van der Waals surface area contributed by atoms with E-state index in [0.717, 1.165) is 13.1 Å². The second kappa shape index (κ2) is 14.0. The summed E-state index contributed by atoms with van der Waals surface area (Å²) in [6.07, 6.45) is 3.65. The number of carbonyl (C=O) groups is 2. The molecule has 2 rings (SSSR count). The number of piperazine rings is 1. The molecule has 1 aromatic heterocycles. The largest absolute Gasteiger partial charge is 0.346 e. The van der Waals surface area contributed by atoms with Crippen molar-refractivity contribution in [3.63, 3.8) is 0 Å². The Kier molecular flexibility index (Phi) is 14.5. The zero-order chi connectivity index (χ0) is 18.4. The maximum Gasteiger partial charge on any atom is 0.242 e. The Balaban J connectivity index is 0. The third-order valence-corrected chi connectivity index (χ3v) is 4.82. The van der Waals surface area contributed by atoms with Crippen LogP contribution in [0.3, 0.4) is 0 Å². The van der Waals surface area contributed by atoms with Crippen LogP contribution in [0.4, 0.5) is 0 Å². The zero-order valence-corrected chi connectivity index (χ0v) is 19.0. The van der Waals surface area contributed by atoms with Gasteiger partial charge in [-0.2, -0.15) is 0 Å². The first-order valence-electron chi connectivity index (χ1n) is 8.85. The molecule has 1 saturated heterocycles. The summed E-state index contributed by atoms with van der Waals surface area (Å²) in [5.74, 6) is -0.280. The van der Waals surface area contributed by atoms with Gasteiger partial charge in [-0.3, -0.25) is 19.5 Å². The summed E-state index contributed by atoms with van der Waals surface area (Å²) in [4.78, 5) is 32.4. The molecule has 0 radical (unpaired) electrons. The molecule has 2 amide bonds. The summed E-state index contributed by atoms with van der Waals surface area (Å²) >= 11 is 0. The summed E-state index contributed by atoms with van der Waals surface area (Å²) in [5, 5.41) is 2.64. The topological polar surface area (TPSA) is 91.6 Å². The third-order valence-electron chi connectivity index (χ3n) is 4.82. The number of hydrogen-bond donors (Lipinski definition) is 2. The summed E-state index contributed by atoms with van der Waals surface area (Å²) in [7, 11) is 0. The average molecular weight is 457 g/mol. The Morgan fingerprint density at radius 3 is 2.25 bits per heavy atom. The molecule has 1 aliphatic rings. The van der Waals surface area contributed by atoms with Gasteiger partial charge >= 0.3 is 0 Å². The van der Waals surface area contributed by atoms with Gasteiger partial charge < -0.3 is 16.0 Å². The molecule has 10 heteroatoms. The third kappa shape index (κ3) is 8.09. The van der Waals surface area contributed by atoms with Crippen LogP contribution in [0.1, 0.15) is 32.4 Å². The number of rotatable bonds is 6. The molecule has 28 heavy (non-hydrogen) atoms. The highest BCUT2D eigenvalue weighted by Gasteiger charge is 2.25. The summed E-state index contributed by atoms with van der Waals surface area (Å²) in [5.41, 5.74) is 6.96. The van der Waals surface area contributed by atoms with Crippen LogP contribution in [0.2, 0.25) is 0 Å². The SMILES string of the molecule is CC(C)[C@H](N)C(=O)NCC(=O)N1CCN(C(C)c2cccnc2)CC1.Cl.Cl.Cl. The van der Waals surface area contributed by atoms with E-state index in [-0.39, 0.29) is 67.5 Å². The van der Waals surface area contributed by atoms with E-state index >= 15 is 0 Å². The lowest BCUT2D eigenvalue weighted by Crippen LogP contribution is -2.53. The molecule has 1 aliphatic heterocycles. The van der Waals surface area contributed by atoms with Crippen molar-refractivity contribution >= 4 is 49.0 Å². The number of nitrogens with one attached hydrogen (secondary N) is 1. The molecule has 162 valence electrons. The Hall–Kier alpha value is -1.12. The molecule has 1 fully saturated rings. The maximum absolute atomic E-state index is 12.3. The van der Waals surface area contributed by atoms with Crippen molar-refractivity contribution in [3.05, 3.63) is 30.1 Å². The van der Waals surface area contributed by atoms with E-state index in [2.05, 4.69) is 28.2 Å². The highest BCUT2D eigenvalue weighted by Crippen LogP contribution is 2.20. The fourth-order valence-corrected chi connectivity index (χ4v) is 2.89. The van der Waals surface area contributed by atoms with E-state index in [1.165, 1.54) is 5.56 Å². The lowest BCUT2D eigenvalue weighted by atomic mass is 10.1. The summed E-state index contributed by atoms with van der Waals surface area (Å²) in [6.45, 7) is 8.87. The van der Waals surface area contributed by atoms with Crippen molar-refractivity contribution in [2.24, 2.45) is 11.7 Å². The fraction of sp³-hybridized carbons (Fsp3) is 0.611. The molecule has 0 aliphatic carbocycles. The van der Waals surface area contributed by atoms with Crippen LogP contribution in [0.15, 0.2) is 24.5 Å². The van der Waals surface area contributed by atoms with E-state index in [4.69, 9.17) is 5.73 Å². The molecular weight excluding hydrogens is 425 g/mol. The molecule has 3 N–H and O–H groups in total. The first kappa shape index (κ1) is 29.1. The van der Waals surface area contributed by atoms with E-state index in [1.807, 2.05) is 26.1 Å². The van der Waals surface area contributed by atoms with Crippen LogP contribution >= 0.6 is 37.2 Å². The number of aromatic nitrogens is 1. The van der Waals surface area contributed by atoms with Crippen LogP contribution in [-0.4, -0.2) is 65.4 Å². The quantitative estimate of drug-likeness (QED) is 0.679. The predicted molar refractivity (Wildman–Crippen MR) is 118 cm³/mol. The maximum atomic E-state index is 12.3. The monoisotopic (exact) mass is 455 g/mol. The van der Waals surface area contributed by atoms with Crippen LogP contribution < -0.4 is 11.1 Å². The first-order chi connectivity index (χ1) is 11.9. The number of nitrogens with two attached hydrogens (primary N) is 1. The number of carbonyl (C=O) groups excluding carboxylic acids is 2. The number of nitrogens with zero attached hydrogens (tertiary/aromatic N) is 3. The van der Waals surface area contributed by atoms with E-state index in [9.17, 15) is 9.59 Å². The molecule has 1 unspecified atom stereocenters. The zero-order valence-electron chi connectivity index (χ0n) is 16.5. The van der Waals surface area contributed by atoms with Gasteiger partial charge in [0.2, 0.25) is 11.8 Å². The van der Waals surface area contributed by atoms with E-state index in [1.54, 1.807) is 11.1 Å². The van der Waals surface area contributed by atoms with Crippen LogP contribution in [0.5, 0.6) is 0 Å². The van der Waals surface area contributed by atoms with Crippen molar-refractivity contribution in [2.75, 3.05) is 32.7 Å². The predicted octanol–water partition coefficient (Wildman–Crippen LogP) is 1.65. The second-order valence-corrected chi connectivity index (χ2v) is 6.87. The molecule has 2 atom stereocenters. The molecule has 0 spiro atoms. The van der Waals surface area contributed by atoms with Crippen LogP contribution in [0.25, 0.3) is 0 Å². The standard InChI is InChI=1S/C18H29N5O2.3ClH/c1-13(2)17(19)18(25)21-12-16(24)23-9-7-22(8-10-23)14(3)15-5-4-6-20-11-15;;;/h4-6,11,13-14,17H,7-10,12,19H2,1-3H3,(H,21,25);3*1H/t14?,17-;;;/m0.../s1. The van der Waals surface area contributed by atoms with Gasteiger partial charge in [0.15, 0.2) is 0 Å². The molecule has 1 aromatic rings. The van der Waals surface area contributed by atoms with Gasteiger partial charge in [0, 0.05) is 44.6 Å². The Bertz CT molecular complexity index is 584. The molecule has 7 nitrogen and oxygen atoms in total. The normalized spacial score (nSPS) is 16.1. The van der Waals surface area contributed by atoms with Gasteiger partial charge in [-0.15, -0.1) is 37.2 Å². The Morgan fingerprint density at radius 2 is 1.75 bits per heavy atom. The van der Waals surface area contributed by atoms with Gasteiger partial charge in [-0.05, 0) is 24.5 Å². The van der Waals surface area contributed by atoms with Gasteiger partial charge in [0.25, 0.3) is 0 Å². The van der Waals surface area contributed by atoms with Crippen molar-refractivity contribution in [1.29, 1.82) is 0 Å². The molecule has 0 aromatic carbocycles. The Labute approximate surface area is 186 Å². The number of amides is 2. The van der Waals surface area contributed by atoms with Crippen molar-refractivity contribution in [3.8, 4) is 0 Å². The minimum Gasteiger partial charge on any atom is -0.346 e. The van der Waals surface area contributed by atoms with Gasteiger partial charge in [0.05, 0.1) is 12.6 Å². The summed E-state index contributed by atoms with van der Waals surface area (Å²) < 4.78 is 0. The second-order valence-electron chi connectivity index (χ2n) is 6.87. The average Bonchev–Trinajstić information content (AvgIpc) is 2.65. The molecule has 0 saturated carbocycles. The number of hydrogen-bond acceptors (Lipinski definition) is 5. The van der Waals surface area contributed by atoms with Gasteiger partial charge in [-0.1, -0.05) is 19.9 Å². The first-order valence-corrected chi connectivity index (χ1v) is 8.85. The fourth-order valence-electron chi connectivity index (χ4n) is 2.89. The van der Waals surface area contributed by atoms with E-state index in [0.29, 0.717) is 13.1 Å². The van der Waals surface area contributed by atoms with Crippen LogP contribution in [0, 0.1) is 5.92 Å². The molecule has 0 bridgehead atoms. The highest BCUT2D eigenvalue weighted by atomic mass is 35.5. The smallest absolute Gasteiger partial charge is 0.242 e. The van der Waals surface area contributed by atoms with Crippen molar-refractivity contribution < 1.29 is 9.59 Å².